The van der Waals surface area contributed by atoms with Gasteiger partial charge >= 0.3 is 7.12 Å². The monoisotopic (exact) mass is 500 g/mol. The van der Waals surface area contributed by atoms with E-state index in [2.05, 4.69) is 0 Å². The zero-order valence-corrected chi connectivity index (χ0v) is 20.0. The van der Waals surface area contributed by atoms with Crippen molar-refractivity contribution >= 4 is 18.5 Å². The molecule has 0 saturated heterocycles. The predicted molar refractivity (Wildman–Crippen MR) is 136 cm³/mol. The fourth-order valence-electron chi connectivity index (χ4n) is 4.31. The highest BCUT2D eigenvalue weighted by Gasteiger charge is 2.31. The van der Waals surface area contributed by atoms with Gasteiger partial charge < -0.3 is 39.6 Å². The van der Waals surface area contributed by atoms with E-state index in [0.29, 0.717) is 22.5 Å². The van der Waals surface area contributed by atoms with Gasteiger partial charge in [-0.3, -0.25) is 4.79 Å². The number of hydrogen-bond acceptors (Lipinski definition) is 8. The van der Waals surface area contributed by atoms with Gasteiger partial charge in [-0.25, -0.2) is 0 Å². The minimum absolute atomic E-state index is 0.148. The number of ether oxygens (including phenoxy) is 2. The molecule has 3 aromatic carbocycles. The zero-order valence-electron chi connectivity index (χ0n) is 20.0. The van der Waals surface area contributed by atoms with Gasteiger partial charge in [0.25, 0.3) is 11.9 Å². The summed E-state index contributed by atoms with van der Waals surface area (Å²) in [4.78, 5) is 12.7. The van der Waals surface area contributed by atoms with Gasteiger partial charge in [0.1, 0.15) is 23.4 Å². The molecule has 1 aliphatic heterocycles. The quantitative estimate of drug-likeness (QED) is 0.434. The fraction of sp³-hybridized carbons (Fsp3) is 0.148. The molecule has 0 fully saturated rings. The van der Waals surface area contributed by atoms with Crippen molar-refractivity contribution in [3.63, 3.8) is 0 Å². The zero-order chi connectivity index (χ0) is 25.9. The highest BCUT2D eigenvalue weighted by atomic mass is 16.7. The number of amides is 1. The summed E-state index contributed by atoms with van der Waals surface area (Å²) in [5, 5.41) is 19.9. The van der Waals surface area contributed by atoms with Crippen molar-refractivity contribution in [3.8, 4) is 17.2 Å². The second kappa shape index (κ2) is 10.1. The molecule has 0 radical (unpaired) electrons. The second-order valence-corrected chi connectivity index (χ2v) is 8.70. The maximum Gasteiger partial charge on any atom is 0.636 e. The first-order chi connectivity index (χ1) is 17.9. The third-order valence-electron chi connectivity index (χ3n) is 6.05. The minimum atomic E-state index is -1.03. The molecule has 0 unspecified atom stereocenters. The molecule has 9 nitrogen and oxygen atoms in total. The lowest BCUT2D eigenvalue weighted by Crippen LogP contribution is -2.37. The van der Waals surface area contributed by atoms with Crippen molar-refractivity contribution in [3.05, 3.63) is 108 Å². The summed E-state index contributed by atoms with van der Waals surface area (Å²) in [6.45, 7) is 0. The molecular formula is C27H25BN2O7. The van der Waals surface area contributed by atoms with E-state index < -0.39 is 13.0 Å². The Morgan fingerprint density at radius 2 is 1.62 bits per heavy atom. The Morgan fingerprint density at radius 1 is 0.973 bits per heavy atom. The van der Waals surface area contributed by atoms with Crippen molar-refractivity contribution in [1.82, 2.24) is 4.90 Å². The summed E-state index contributed by atoms with van der Waals surface area (Å²) in [6, 6.07) is 19.6. The summed E-state index contributed by atoms with van der Waals surface area (Å²) in [5.74, 6) is 0.839. The molecule has 5 rings (SSSR count). The van der Waals surface area contributed by atoms with Crippen molar-refractivity contribution < 1.29 is 33.8 Å². The number of fused-ring (bicyclic) bond motifs is 1. The number of primary amides is 1. The van der Waals surface area contributed by atoms with E-state index in [9.17, 15) is 15.0 Å². The van der Waals surface area contributed by atoms with Gasteiger partial charge in [0.05, 0.1) is 12.4 Å². The summed E-state index contributed by atoms with van der Waals surface area (Å²) < 4.78 is 23.2. The van der Waals surface area contributed by atoms with Crippen LogP contribution >= 0.6 is 0 Å². The molecule has 0 bridgehead atoms. The lowest BCUT2D eigenvalue weighted by atomic mass is 9.79. The Kier molecular flexibility index (Phi) is 6.55. The Hall–Kier alpha value is -4.73. The largest absolute Gasteiger partial charge is 0.636 e. The van der Waals surface area contributed by atoms with Gasteiger partial charge in [-0.1, -0.05) is 24.3 Å². The van der Waals surface area contributed by atoms with E-state index >= 15 is 0 Å². The Bertz CT molecular complexity index is 1330. The molecule has 37 heavy (non-hydrogen) atoms. The van der Waals surface area contributed by atoms with Crippen molar-refractivity contribution in [2.75, 3.05) is 7.05 Å². The lowest BCUT2D eigenvalue weighted by Gasteiger charge is -2.20. The summed E-state index contributed by atoms with van der Waals surface area (Å²) in [5.41, 5.74) is 8.45. The molecule has 2 aliphatic rings. The molecular weight excluding hydrogens is 475 g/mol. The number of aliphatic hydroxyl groups is 2. The average molecular weight is 500 g/mol. The van der Waals surface area contributed by atoms with Crippen LogP contribution in [-0.4, -0.2) is 35.2 Å². The van der Waals surface area contributed by atoms with Crippen molar-refractivity contribution in [1.29, 1.82) is 0 Å². The van der Waals surface area contributed by atoms with E-state index in [0.717, 1.165) is 29.7 Å². The van der Waals surface area contributed by atoms with Crippen LogP contribution in [0.5, 0.6) is 17.2 Å². The number of nitrogens with zero attached hydrogens (tertiary/aromatic N) is 1. The highest BCUT2D eigenvalue weighted by Crippen LogP contribution is 2.40. The van der Waals surface area contributed by atoms with Crippen LogP contribution in [0.25, 0.3) is 0 Å². The standard InChI is InChI=1S/C27H25BN2O7/c1-30-15-25(31)36-28(37-26(32)16-30)18-7-11-20(12-8-18)35-24-14-13-22-21(24)3-2-4-23(22)34-19-9-5-17(6-10-19)27(29)33/h2-12,15-16,24,31-32H,13-14H2,1H3,(H2,29,33)/b25-15-,26-16?/t24-/m1/s1. The maximum absolute atomic E-state index is 11.3. The van der Waals surface area contributed by atoms with Crippen molar-refractivity contribution in [2.45, 2.75) is 18.9 Å². The molecule has 0 saturated carbocycles. The van der Waals surface area contributed by atoms with Crippen LogP contribution in [0.2, 0.25) is 0 Å². The fourth-order valence-corrected chi connectivity index (χ4v) is 4.31. The van der Waals surface area contributed by atoms with Crippen molar-refractivity contribution in [2.24, 2.45) is 5.73 Å². The van der Waals surface area contributed by atoms with Crippen LogP contribution in [-0.2, 0) is 15.7 Å². The average Bonchev–Trinajstić information content (AvgIpc) is 3.27. The SMILES string of the molecule is CN1C=C(O)OB(c2ccc(O[C@@H]3CCc4c(Oc5ccc(C(N)=O)cc5)cccc43)cc2)O/C(O)=C\1. The molecule has 1 heterocycles. The minimum Gasteiger partial charge on any atom is -0.494 e. The van der Waals surface area contributed by atoms with Crippen LogP contribution in [0.4, 0.5) is 0 Å². The molecule has 188 valence electrons. The molecule has 4 N–H and O–H groups in total. The van der Waals surface area contributed by atoms with Gasteiger partial charge in [0.15, 0.2) is 0 Å². The molecule has 0 aromatic heterocycles. The number of carbonyl (C=O) groups is 1. The number of benzene rings is 3. The van der Waals surface area contributed by atoms with Gasteiger partial charge in [-0.2, -0.15) is 0 Å². The summed E-state index contributed by atoms with van der Waals surface area (Å²) in [7, 11) is 0.587. The van der Waals surface area contributed by atoms with E-state index in [1.165, 1.54) is 17.3 Å². The van der Waals surface area contributed by atoms with Crippen LogP contribution < -0.4 is 20.7 Å². The molecule has 1 aliphatic carbocycles. The van der Waals surface area contributed by atoms with E-state index in [1.54, 1.807) is 55.6 Å². The Labute approximate surface area is 214 Å². The normalized spacial score (nSPS) is 18.2. The predicted octanol–water partition coefficient (Wildman–Crippen LogP) is 4.03. The summed E-state index contributed by atoms with van der Waals surface area (Å²) >= 11 is 0. The highest BCUT2D eigenvalue weighted by molar-refractivity contribution is 6.61. The van der Waals surface area contributed by atoms with Crippen LogP contribution in [0.3, 0.4) is 0 Å². The van der Waals surface area contributed by atoms with Crippen LogP contribution in [0.1, 0.15) is 34.0 Å². The first kappa shape index (κ1) is 24.0. The van der Waals surface area contributed by atoms with E-state index in [-0.39, 0.29) is 18.0 Å². The van der Waals surface area contributed by atoms with Gasteiger partial charge in [-0.05, 0) is 60.9 Å². The lowest BCUT2D eigenvalue weighted by molar-refractivity contribution is 0.1000. The van der Waals surface area contributed by atoms with Crippen LogP contribution in [0.15, 0.2) is 91.0 Å². The topological polar surface area (TPSA) is 124 Å². The molecule has 3 aromatic rings. The maximum atomic E-state index is 11.3. The number of aliphatic hydroxyl groups excluding tert-OH is 2. The third kappa shape index (κ3) is 5.43. The van der Waals surface area contributed by atoms with Crippen LogP contribution in [0, 0.1) is 0 Å². The second-order valence-electron chi connectivity index (χ2n) is 8.70. The molecule has 1 amide bonds. The number of nitrogens with two attached hydrogens (primary N) is 1. The van der Waals surface area contributed by atoms with E-state index in [1.807, 2.05) is 18.2 Å². The third-order valence-corrected chi connectivity index (χ3v) is 6.05. The summed E-state index contributed by atoms with van der Waals surface area (Å²) in [6.07, 6.45) is 4.06. The van der Waals surface area contributed by atoms with E-state index in [4.69, 9.17) is 24.5 Å². The Balaban J connectivity index is 1.28. The smallest absolute Gasteiger partial charge is 0.494 e. The Morgan fingerprint density at radius 3 is 2.27 bits per heavy atom. The number of hydrogen-bond donors (Lipinski definition) is 3. The number of rotatable bonds is 6. The first-order valence-corrected chi connectivity index (χ1v) is 11.7. The van der Waals surface area contributed by atoms with Gasteiger partial charge in [0.2, 0.25) is 5.91 Å². The molecule has 1 atom stereocenters. The molecule has 0 spiro atoms. The van der Waals surface area contributed by atoms with Gasteiger partial charge in [0, 0.05) is 23.6 Å². The number of carbonyl (C=O) groups excluding carboxylic acids is 1. The van der Waals surface area contributed by atoms with Gasteiger partial charge in [-0.15, -0.1) is 0 Å². The first-order valence-electron chi connectivity index (χ1n) is 11.7. The molecule has 10 heteroatoms.